The van der Waals surface area contributed by atoms with Crippen molar-refractivity contribution in [1.29, 1.82) is 0 Å². The van der Waals surface area contributed by atoms with Crippen LogP contribution in [0.25, 0.3) is 0 Å². The van der Waals surface area contributed by atoms with Crippen LogP contribution >= 0.6 is 0 Å². The van der Waals surface area contributed by atoms with Gasteiger partial charge in [-0.3, -0.25) is 14.9 Å². The molecule has 134 valence electrons. The fourth-order valence-corrected chi connectivity index (χ4v) is 3.69. The Morgan fingerprint density at radius 2 is 1.81 bits per heavy atom. The van der Waals surface area contributed by atoms with Crippen molar-refractivity contribution in [2.45, 2.75) is 0 Å². The van der Waals surface area contributed by atoms with E-state index >= 15 is 0 Å². The first-order valence-corrected chi connectivity index (χ1v) is 8.63. The lowest BCUT2D eigenvalue weighted by Gasteiger charge is -2.19. The lowest BCUT2D eigenvalue weighted by molar-refractivity contribution is -0.384. The summed E-state index contributed by atoms with van der Waals surface area (Å²) in [6.45, 7) is 3.17. The van der Waals surface area contributed by atoms with Gasteiger partial charge in [-0.05, 0) is 30.0 Å². The second-order valence-electron chi connectivity index (χ2n) is 6.74. The molecule has 2 atom stereocenters. The van der Waals surface area contributed by atoms with Gasteiger partial charge in [0.25, 0.3) is 11.6 Å². The molecule has 2 aromatic rings. The van der Waals surface area contributed by atoms with E-state index in [2.05, 4.69) is 5.32 Å². The maximum Gasteiger partial charge on any atom is 0.270 e. The highest BCUT2D eigenvalue weighted by Gasteiger charge is 2.39. The van der Waals surface area contributed by atoms with E-state index < -0.39 is 4.92 Å². The molecular formula is C19H19N3O4. The molecule has 26 heavy (non-hydrogen) atoms. The number of amides is 1. The van der Waals surface area contributed by atoms with Crippen LogP contribution in [0.15, 0.2) is 48.5 Å². The summed E-state index contributed by atoms with van der Waals surface area (Å²) < 4.78 is 5.84. The lowest BCUT2D eigenvalue weighted by atomic mass is 10.0. The third-order valence-corrected chi connectivity index (χ3v) is 5.05. The number of benzene rings is 2. The van der Waals surface area contributed by atoms with Gasteiger partial charge >= 0.3 is 0 Å². The van der Waals surface area contributed by atoms with Gasteiger partial charge in [0.1, 0.15) is 11.5 Å². The molecule has 1 amide bonds. The molecule has 0 aliphatic carbocycles. The molecule has 0 radical (unpaired) electrons. The first-order valence-electron chi connectivity index (χ1n) is 8.63. The largest absolute Gasteiger partial charge is 0.457 e. The molecule has 2 fully saturated rings. The Balaban J connectivity index is 1.64. The van der Waals surface area contributed by atoms with Crippen LogP contribution in [0, 0.1) is 22.0 Å². The van der Waals surface area contributed by atoms with Crippen molar-refractivity contribution < 1.29 is 14.5 Å². The van der Waals surface area contributed by atoms with E-state index in [0.717, 1.165) is 13.1 Å². The van der Waals surface area contributed by atoms with Crippen molar-refractivity contribution in [2.24, 2.45) is 11.8 Å². The molecule has 2 aliphatic heterocycles. The molecule has 2 aliphatic rings. The third kappa shape index (κ3) is 3.13. The van der Waals surface area contributed by atoms with Gasteiger partial charge in [-0.2, -0.15) is 0 Å². The molecule has 0 bridgehead atoms. The molecule has 0 unspecified atom stereocenters. The minimum atomic E-state index is -0.494. The predicted molar refractivity (Wildman–Crippen MR) is 95.4 cm³/mol. The van der Waals surface area contributed by atoms with E-state index in [4.69, 9.17) is 4.74 Å². The average molecular weight is 353 g/mol. The smallest absolute Gasteiger partial charge is 0.270 e. The SMILES string of the molecule is O=C(c1cc([N+](=O)[O-])ccc1Oc1ccccc1)N1C[C@H]2CNC[C@H]2C1. The zero-order valence-electron chi connectivity index (χ0n) is 14.1. The van der Waals surface area contributed by atoms with Crippen molar-refractivity contribution in [3.05, 3.63) is 64.2 Å². The topological polar surface area (TPSA) is 84.7 Å². The molecule has 0 aromatic heterocycles. The summed E-state index contributed by atoms with van der Waals surface area (Å²) in [4.78, 5) is 25.5. The van der Waals surface area contributed by atoms with Gasteiger partial charge in [0, 0.05) is 38.3 Å². The van der Waals surface area contributed by atoms with E-state index in [1.807, 2.05) is 18.2 Å². The minimum Gasteiger partial charge on any atom is -0.457 e. The number of fused-ring (bicyclic) bond motifs is 1. The summed E-state index contributed by atoms with van der Waals surface area (Å²) in [6, 6.07) is 13.3. The van der Waals surface area contributed by atoms with Gasteiger partial charge in [0.05, 0.1) is 10.5 Å². The first-order chi connectivity index (χ1) is 12.6. The van der Waals surface area contributed by atoms with E-state index in [0.29, 0.717) is 36.4 Å². The fraction of sp³-hybridized carbons (Fsp3) is 0.316. The van der Waals surface area contributed by atoms with Crippen LogP contribution in [0.3, 0.4) is 0 Å². The van der Waals surface area contributed by atoms with Crippen LogP contribution in [0.5, 0.6) is 11.5 Å². The molecule has 0 spiro atoms. The highest BCUT2D eigenvalue weighted by Crippen LogP contribution is 2.33. The maximum atomic E-state index is 13.1. The molecule has 1 N–H and O–H groups in total. The number of carbonyl (C=O) groups excluding carboxylic acids is 1. The standard InChI is InChI=1S/C19H19N3O4/c23-19(21-11-13-9-20-10-14(13)12-21)17-8-15(22(24)25)6-7-18(17)26-16-4-2-1-3-5-16/h1-8,13-14,20H,9-12H2/t13-,14+. The normalized spacial score (nSPS) is 21.5. The van der Waals surface area contributed by atoms with Gasteiger partial charge in [0.15, 0.2) is 0 Å². The van der Waals surface area contributed by atoms with Crippen LogP contribution in [-0.4, -0.2) is 41.9 Å². The molecule has 0 saturated carbocycles. The number of nitrogens with zero attached hydrogens (tertiary/aromatic N) is 2. The van der Waals surface area contributed by atoms with E-state index in [1.54, 1.807) is 17.0 Å². The number of hydrogen-bond acceptors (Lipinski definition) is 5. The van der Waals surface area contributed by atoms with Gasteiger partial charge in [-0.1, -0.05) is 18.2 Å². The number of nitro benzene ring substituents is 1. The number of ether oxygens (including phenoxy) is 1. The van der Waals surface area contributed by atoms with Crippen molar-refractivity contribution in [2.75, 3.05) is 26.2 Å². The summed E-state index contributed by atoms with van der Waals surface area (Å²) in [6.07, 6.45) is 0. The Labute approximate surface area is 150 Å². The van der Waals surface area contributed by atoms with Crippen LogP contribution in [0.2, 0.25) is 0 Å². The third-order valence-electron chi connectivity index (χ3n) is 5.05. The van der Waals surface area contributed by atoms with Crippen molar-refractivity contribution in [3.8, 4) is 11.5 Å². The maximum absolute atomic E-state index is 13.1. The highest BCUT2D eigenvalue weighted by atomic mass is 16.6. The number of rotatable bonds is 4. The molecule has 7 heteroatoms. The Morgan fingerprint density at radius 1 is 1.12 bits per heavy atom. The van der Waals surface area contributed by atoms with Gasteiger partial charge < -0.3 is 15.0 Å². The number of para-hydroxylation sites is 1. The zero-order chi connectivity index (χ0) is 18.1. The second-order valence-corrected chi connectivity index (χ2v) is 6.74. The van der Waals surface area contributed by atoms with E-state index in [-0.39, 0.29) is 17.2 Å². The second kappa shape index (κ2) is 6.76. The number of nitro groups is 1. The monoisotopic (exact) mass is 353 g/mol. The van der Waals surface area contributed by atoms with Gasteiger partial charge in [0.2, 0.25) is 0 Å². The van der Waals surface area contributed by atoms with Crippen LogP contribution in [0.1, 0.15) is 10.4 Å². The van der Waals surface area contributed by atoms with Gasteiger partial charge in [-0.15, -0.1) is 0 Å². The summed E-state index contributed by atoms with van der Waals surface area (Å²) in [5, 5.41) is 14.5. The van der Waals surface area contributed by atoms with Gasteiger partial charge in [-0.25, -0.2) is 0 Å². The Bertz CT molecular complexity index is 828. The summed E-state index contributed by atoms with van der Waals surface area (Å²) >= 11 is 0. The average Bonchev–Trinajstić information content (AvgIpc) is 3.24. The molecular weight excluding hydrogens is 334 g/mol. The number of carbonyl (C=O) groups is 1. The van der Waals surface area contributed by atoms with Crippen LogP contribution in [-0.2, 0) is 0 Å². The fourth-order valence-electron chi connectivity index (χ4n) is 3.69. The van der Waals surface area contributed by atoms with Crippen molar-refractivity contribution >= 4 is 11.6 Å². The summed E-state index contributed by atoms with van der Waals surface area (Å²) in [5.74, 6) is 1.61. The highest BCUT2D eigenvalue weighted by molar-refractivity contribution is 5.98. The van der Waals surface area contributed by atoms with E-state index in [1.165, 1.54) is 18.2 Å². The number of likely N-dealkylation sites (tertiary alicyclic amines) is 1. The lowest BCUT2D eigenvalue weighted by Crippen LogP contribution is -2.32. The van der Waals surface area contributed by atoms with Crippen LogP contribution in [0.4, 0.5) is 5.69 Å². The Hall–Kier alpha value is -2.93. The number of nitrogens with one attached hydrogen (secondary N) is 1. The molecule has 2 aromatic carbocycles. The Morgan fingerprint density at radius 3 is 2.46 bits per heavy atom. The quantitative estimate of drug-likeness (QED) is 0.675. The van der Waals surface area contributed by atoms with E-state index in [9.17, 15) is 14.9 Å². The molecule has 2 heterocycles. The number of non-ortho nitro benzene ring substituents is 1. The molecule has 2 saturated heterocycles. The first kappa shape index (κ1) is 16.5. The van der Waals surface area contributed by atoms with Crippen molar-refractivity contribution in [1.82, 2.24) is 10.2 Å². The minimum absolute atomic E-state index is 0.116. The summed E-state index contributed by atoms with van der Waals surface area (Å²) in [5.41, 5.74) is 0.116. The van der Waals surface area contributed by atoms with Crippen molar-refractivity contribution in [3.63, 3.8) is 0 Å². The predicted octanol–water partition coefficient (Wildman–Crippen LogP) is 2.68. The zero-order valence-corrected chi connectivity index (χ0v) is 14.1. The molecule has 4 rings (SSSR count). The molecule has 7 nitrogen and oxygen atoms in total. The number of hydrogen-bond donors (Lipinski definition) is 1. The van der Waals surface area contributed by atoms with Crippen LogP contribution < -0.4 is 10.1 Å². The Kier molecular flexibility index (Phi) is 4.30. The summed E-state index contributed by atoms with van der Waals surface area (Å²) in [7, 11) is 0.